The molecule has 0 aromatic heterocycles. The lowest BCUT2D eigenvalue weighted by Crippen LogP contribution is -2.11. The van der Waals surface area contributed by atoms with E-state index in [1.807, 2.05) is 0 Å². The van der Waals surface area contributed by atoms with Crippen LogP contribution < -0.4 is 10.5 Å². The average Bonchev–Trinajstić information content (AvgIpc) is 2.25. The lowest BCUT2D eigenvalue weighted by atomic mass is 10.1. The van der Waals surface area contributed by atoms with Gasteiger partial charge >= 0.3 is 12.6 Å². The highest BCUT2D eigenvalue weighted by atomic mass is 19.3. The van der Waals surface area contributed by atoms with E-state index in [-0.39, 0.29) is 24.3 Å². The van der Waals surface area contributed by atoms with Crippen LogP contribution in [0.3, 0.4) is 0 Å². The highest BCUT2D eigenvalue weighted by molar-refractivity contribution is 5.74. The number of halogens is 3. The quantitative estimate of drug-likeness (QED) is 0.653. The van der Waals surface area contributed by atoms with E-state index in [0.29, 0.717) is 0 Å². The minimum atomic E-state index is -3.12. The fourth-order valence-corrected chi connectivity index (χ4v) is 1.33. The molecule has 0 spiro atoms. The molecule has 0 fully saturated rings. The first-order chi connectivity index (χ1) is 8.43. The van der Waals surface area contributed by atoms with Crippen LogP contribution in [0.2, 0.25) is 0 Å². The molecule has 18 heavy (non-hydrogen) atoms. The second kappa shape index (κ2) is 6.13. The number of carbonyl (C=O) groups excluding carboxylic acids is 1. The van der Waals surface area contributed by atoms with Gasteiger partial charge in [0.25, 0.3) is 0 Å². The van der Waals surface area contributed by atoms with Crippen LogP contribution in [0.5, 0.6) is 5.75 Å². The predicted molar refractivity (Wildman–Crippen MR) is 57.8 cm³/mol. The molecule has 1 aromatic carbocycles. The Hall–Kier alpha value is -1.92. The van der Waals surface area contributed by atoms with E-state index >= 15 is 0 Å². The molecule has 0 saturated carbocycles. The van der Waals surface area contributed by atoms with E-state index in [1.165, 1.54) is 0 Å². The normalized spacial score (nSPS) is 10.5. The van der Waals surface area contributed by atoms with Gasteiger partial charge in [0.05, 0.1) is 18.7 Å². The van der Waals surface area contributed by atoms with Gasteiger partial charge in [-0.3, -0.25) is 4.79 Å². The van der Waals surface area contributed by atoms with Crippen molar-refractivity contribution >= 4 is 11.7 Å². The highest BCUT2D eigenvalue weighted by Gasteiger charge is 2.16. The molecule has 0 aliphatic carbocycles. The molecule has 7 heteroatoms. The van der Waals surface area contributed by atoms with Crippen molar-refractivity contribution in [2.75, 3.05) is 12.3 Å². The summed E-state index contributed by atoms with van der Waals surface area (Å²) in [5, 5.41) is 0. The number of rotatable bonds is 5. The summed E-state index contributed by atoms with van der Waals surface area (Å²) < 4.78 is 46.2. The third-order valence-electron chi connectivity index (χ3n) is 2.04. The highest BCUT2D eigenvalue weighted by Crippen LogP contribution is 2.26. The molecule has 0 unspecified atom stereocenters. The second-order valence-corrected chi connectivity index (χ2v) is 3.34. The van der Waals surface area contributed by atoms with E-state index in [1.54, 1.807) is 6.92 Å². The van der Waals surface area contributed by atoms with Gasteiger partial charge in [0.1, 0.15) is 11.6 Å². The van der Waals surface area contributed by atoms with Crippen LogP contribution in [0.1, 0.15) is 12.5 Å². The van der Waals surface area contributed by atoms with Gasteiger partial charge < -0.3 is 15.2 Å². The van der Waals surface area contributed by atoms with Crippen LogP contribution in [0.4, 0.5) is 18.9 Å². The smallest absolute Gasteiger partial charge is 0.387 e. The zero-order valence-electron chi connectivity index (χ0n) is 9.58. The van der Waals surface area contributed by atoms with Crippen molar-refractivity contribution in [2.45, 2.75) is 20.0 Å². The largest absolute Gasteiger partial charge is 0.466 e. The number of carbonyl (C=O) groups is 1. The van der Waals surface area contributed by atoms with E-state index < -0.39 is 24.1 Å². The summed E-state index contributed by atoms with van der Waals surface area (Å²) in [5.41, 5.74) is 5.09. The van der Waals surface area contributed by atoms with Crippen molar-refractivity contribution in [2.24, 2.45) is 0 Å². The number of nitrogens with two attached hydrogens (primary N) is 1. The molecule has 0 saturated heterocycles. The fraction of sp³-hybridized carbons (Fsp3) is 0.364. The van der Waals surface area contributed by atoms with Gasteiger partial charge in [-0.2, -0.15) is 8.78 Å². The maximum absolute atomic E-state index is 13.1. The van der Waals surface area contributed by atoms with Gasteiger partial charge in [0, 0.05) is 11.6 Å². The summed E-state index contributed by atoms with van der Waals surface area (Å²) in [5.74, 6) is -1.95. The third-order valence-corrected chi connectivity index (χ3v) is 2.04. The molecule has 0 aliphatic heterocycles. The van der Waals surface area contributed by atoms with Gasteiger partial charge in [0.15, 0.2) is 0 Å². The fourth-order valence-electron chi connectivity index (χ4n) is 1.33. The minimum absolute atomic E-state index is 0.0488. The number of hydrogen-bond acceptors (Lipinski definition) is 4. The van der Waals surface area contributed by atoms with E-state index in [9.17, 15) is 18.0 Å². The first-order valence-corrected chi connectivity index (χ1v) is 5.12. The zero-order valence-corrected chi connectivity index (χ0v) is 9.58. The Bertz CT molecular complexity index is 438. The molecule has 1 aromatic rings. The lowest BCUT2D eigenvalue weighted by Gasteiger charge is -2.11. The van der Waals surface area contributed by atoms with Crippen molar-refractivity contribution in [3.63, 3.8) is 0 Å². The monoisotopic (exact) mass is 263 g/mol. The standard InChI is InChI=1S/C11H12F3NO3/c1-2-17-10(16)4-6-3-8(15)7(12)5-9(6)18-11(13)14/h3,5,11H,2,4,15H2,1H3. The summed E-state index contributed by atoms with van der Waals surface area (Å²) in [7, 11) is 0. The molecule has 0 amide bonds. The van der Waals surface area contributed by atoms with Crippen LogP contribution in [0.25, 0.3) is 0 Å². The van der Waals surface area contributed by atoms with Gasteiger partial charge in [-0.25, -0.2) is 4.39 Å². The topological polar surface area (TPSA) is 61.5 Å². The van der Waals surface area contributed by atoms with Crippen molar-refractivity contribution in [3.8, 4) is 5.75 Å². The second-order valence-electron chi connectivity index (χ2n) is 3.34. The molecule has 0 radical (unpaired) electrons. The van der Waals surface area contributed by atoms with E-state index in [4.69, 9.17) is 5.73 Å². The van der Waals surface area contributed by atoms with Gasteiger partial charge in [-0.15, -0.1) is 0 Å². The molecule has 0 aliphatic rings. The van der Waals surface area contributed by atoms with E-state index in [2.05, 4.69) is 9.47 Å². The summed E-state index contributed by atoms with van der Waals surface area (Å²) in [4.78, 5) is 11.2. The summed E-state index contributed by atoms with van der Waals surface area (Å²) in [6.07, 6.45) is -0.319. The van der Waals surface area contributed by atoms with Crippen molar-refractivity contribution in [1.29, 1.82) is 0 Å². The number of ether oxygens (including phenoxy) is 2. The summed E-state index contributed by atoms with van der Waals surface area (Å²) in [6.45, 7) is -1.36. The Balaban J connectivity index is 2.99. The maximum Gasteiger partial charge on any atom is 0.387 e. The molecular weight excluding hydrogens is 251 g/mol. The van der Waals surface area contributed by atoms with Crippen LogP contribution in [0.15, 0.2) is 12.1 Å². The molecular formula is C11H12F3NO3. The molecule has 1 rings (SSSR count). The average molecular weight is 263 g/mol. The molecule has 0 heterocycles. The third kappa shape index (κ3) is 3.83. The summed E-state index contributed by atoms with van der Waals surface area (Å²) >= 11 is 0. The number of esters is 1. The minimum Gasteiger partial charge on any atom is -0.466 e. The number of hydrogen-bond donors (Lipinski definition) is 1. The first-order valence-electron chi connectivity index (χ1n) is 5.12. The van der Waals surface area contributed by atoms with Crippen LogP contribution in [0, 0.1) is 5.82 Å². The molecule has 0 bridgehead atoms. The Morgan fingerprint density at radius 1 is 1.44 bits per heavy atom. The number of anilines is 1. The number of nitrogen functional groups attached to an aromatic ring is 1. The van der Waals surface area contributed by atoms with Crippen LogP contribution >= 0.6 is 0 Å². The van der Waals surface area contributed by atoms with Crippen molar-refractivity contribution in [3.05, 3.63) is 23.5 Å². The Morgan fingerprint density at radius 2 is 2.11 bits per heavy atom. The van der Waals surface area contributed by atoms with Crippen LogP contribution in [-0.2, 0) is 16.0 Å². The molecule has 0 atom stereocenters. The SMILES string of the molecule is CCOC(=O)Cc1cc(N)c(F)cc1OC(F)F. The predicted octanol–water partition coefficient (Wildman–Crippen LogP) is 2.11. The molecule has 100 valence electrons. The van der Waals surface area contributed by atoms with Gasteiger partial charge in [-0.05, 0) is 13.0 Å². The zero-order chi connectivity index (χ0) is 13.7. The van der Waals surface area contributed by atoms with Crippen molar-refractivity contribution < 1.29 is 27.4 Å². The van der Waals surface area contributed by atoms with Crippen LogP contribution in [-0.4, -0.2) is 19.2 Å². The Kier molecular flexibility index (Phi) is 4.82. The Morgan fingerprint density at radius 3 is 2.67 bits per heavy atom. The van der Waals surface area contributed by atoms with Crippen molar-refractivity contribution in [1.82, 2.24) is 0 Å². The first kappa shape index (κ1) is 14.1. The lowest BCUT2D eigenvalue weighted by molar-refractivity contribution is -0.142. The van der Waals surface area contributed by atoms with E-state index in [0.717, 1.165) is 12.1 Å². The molecule has 4 nitrogen and oxygen atoms in total. The van der Waals surface area contributed by atoms with Gasteiger partial charge in [-0.1, -0.05) is 0 Å². The Labute approximate surface area is 101 Å². The maximum atomic E-state index is 13.1. The number of alkyl halides is 2. The van der Waals surface area contributed by atoms with Gasteiger partial charge in [0.2, 0.25) is 0 Å². The number of benzene rings is 1. The summed E-state index contributed by atoms with van der Waals surface area (Å²) in [6, 6.07) is 1.79. The molecule has 2 N–H and O–H groups in total.